The first-order valence-corrected chi connectivity index (χ1v) is 7.48. The van der Waals surface area contributed by atoms with Crippen LogP contribution in [0.5, 0.6) is 5.88 Å². The van der Waals surface area contributed by atoms with Gasteiger partial charge >= 0.3 is 0 Å². The Bertz CT molecular complexity index is 639. The SMILES string of the molecule is CNc1nc(C2CC2)nc(OCc2ccc(Cl)cc2)c1C. The molecule has 1 heterocycles. The topological polar surface area (TPSA) is 47.0 Å². The van der Waals surface area contributed by atoms with E-state index in [1.54, 1.807) is 0 Å². The Balaban J connectivity index is 1.80. The van der Waals surface area contributed by atoms with Gasteiger partial charge in [-0.3, -0.25) is 0 Å². The minimum Gasteiger partial charge on any atom is -0.472 e. The van der Waals surface area contributed by atoms with E-state index < -0.39 is 0 Å². The van der Waals surface area contributed by atoms with E-state index in [0.29, 0.717) is 18.4 Å². The summed E-state index contributed by atoms with van der Waals surface area (Å²) >= 11 is 5.89. The molecule has 0 atom stereocenters. The standard InChI is InChI=1S/C16H18ClN3O/c1-10-14(18-2)19-15(12-5-6-12)20-16(10)21-9-11-3-7-13(17)8-4-11/h3-4,7-8,12H,5-6,9H2,1-2H3,(H,18,19,20). The Morgan fingerprint density at radius 2 is 1.95 bits per heavy atom. The Hall–Kier alpha value is -1.81. The van der Waals surface area contributed by atoms with Crippen LogP contribution in [0.25, 0.3) is 0 Å². The van der Waals surface area contributed by atoms with Crippen LogP contribution in [0.15, 0.2) is 24.3 Å². The van der Waals surface area contributed by atoms with Crippen molar-refractivity contribution in [3.05, 3.63) is 46.2 Å². The molecule has 110 valence electrons. The predicted molar refractivity (Wildman–Crippen MR) is 84.1 cm³/mol. The molecule has 1 N–H and O–H groups in total. The van der Waals surface area contributed by atoms with E-state index in [1.807, 2.05) is 38.2 Å². The molecule has 0 saturated heterocycles. The van der Waals surface area contributed by atoms with E-state index in [-0.39, 0.29) is 0 Å². The number of anilines is 1. The van der Waals surface area contributed by atoms with Crippen LogP contribution >= 0.6 is 11.6 Å². The summed E-state index contributed by atoms with van der Waals surface area (Å²) in [7, 11) is 1.87. The second kappa shape index (κ2) is 5.90. The fourth-order valence-corrected chi connectivity index (χ4v) is 2.28. The Morgan fingerprint density at radius 3 is 2.57 bits per heavy atom. The fourth-order valence-electron chi connectivity index (χ4n) is 2.15. The maximum Gasteiger partial charge on any atom is 0.222 e. The number of halogens is 1. The Morgan fingerprint density at radius 1 is 1.24 bits per heavy atom. The summed E-state index contributed by atoms with van der Waals surface area (Å²) in [5.41, 5.74) is 2.01. The Labute approximate surface area is 129 Å². The lowest BCUT2D eigenvalue weighted by Crippen LogP contribution is -2.07. The van der Waals surface area contributed by atoms with Gasteiger partial charge in [-0.05, 0) is 37.5 Å². The van der Waals surface area contributed by atoms with Gasteiger partial charge in [-0.1, -0.05) is 23.7 Å². The molecule has 0 unspecified atom stereocenters. The molecule has 1 fully saturated rings. The molecule has 0 aliphatic heterocycles. The van der Waals surface area contributed by atoms with Crippen molar-refractivity contribution in [2.75, 3.05) is 12.4 Å². The average Bonchev–Trinajstić information content (AvgIpc) is 3.32. The van der Waals surface area contributed by atoms with Gasteiger partial charge in [-0.15, -0.1) is 0 Å². The molecule has 21 heavy (non-hydrogen) atoms. The lowest BCUT2D eigenvalue weighted by atomic mass is 10.2. The molecular weight excluding hydrogens is 286 g/mol. The predicted octanol–water partition coefficient (Wildman–Crippen LogP) is 3.94. The number of benzene rings is 1. The number of rotatable bonds is 5. The Kier molecular flexibility index (Phi) is 3.97. The lowest BCUT2D eigenvalue weighted by molar-refractivity contribution is 0.290. The minimum atomic E-state index is 0.474. The molecule has 0 amide bonds. The van der Waals surface area contributed by atoms with Crippen molar-refractivity contribution >= 4 is 17.4 Å². The number of hydrogen-bond acceptors (Lipinski definition) is 4. The highest BCUT2D eigenvalue weighted by Gasteiger charge is 2.28. The van der Waals surface area contributed by atoms with E-state index in [9.17, 15) is 0 Å². The highest BCUT2D eigenvalue weighted by atomic mass is 35.5. The summed E-state index contributed by atoms with van der Waals surface area (Å²) in [5, 5.41) is 3.84. The van der Waals surface area contributed by atoms with Gasteiger partial charge in [0, 0.05) is 18.0 Å². The first-order valence-electron chi connectivity index (χ1n) is 7.11. The van der Waals surface area contributed by atoms with Gasteiger partial charge in [-0.25, -0.2) is 4.98 Å². The van der Waals surface area contributed by atoms with Gasteiger partial charge < -0.3 is 10.1 Å². The summed E-state index contributed by atoms with van der Waals surface area (Å²) in [6.07, 6.45) is 2.34. The van der Waals surface area contributed by atoms with E-state index in [1.165, 1.54) is 12.8 Å². The van der Waals surface area contributed by atoms with Crippen molar-refractivity contribution in [3.8, 4) is 5.88 Å². The normalized spacial score (nSPS) is 14.0. The zero-order valence-electron chi connectivity index (χ0n) is 12.2. The number of aromatic nitrogens is 2. The molecule has 0 radical (unpaired) electrons. The molecule has 3 rings (SSSR count). The maximum absolute atomic E-state index is 5.89. The van der Waals surface area contributed by atoms with Gasteiger partial charge in [0.25, 0.3) is 0 Å². The molecule has 1 aliphatic rings. The molecule has 1 aliphatic carbocycles. The smallest absolute Gasteiger partial charge is 0.222 e. The van der Waals surface area contributed by atoms with Gasteiger partial charge in [0.1, 0.15) is 18.2 Å². The number of nitrogens with zero attached hydrogens (tertiary/aromatic N) is 2. The molecule has 0 bridgehead atoms. The van der Waals surface area contributed by atoms with Crippen molar-refractivity contribution in [1.82, 2.24) is 9.97 Å². The van der Waals surface area contributed by atoms with E-state index in [4.69, 9.17) is 16.3 Å². The zero-order chi connectivity index (χ0) is 14.8. The number of ether oxygens (including phenoxy) is 1. The zero-order valence-corrected chi connectivity index (χ0v) is 12.9. The van der Waals surface area contributed by atoms with E-state index in [2.05, 4.69) is 15.3 Å². The van der Waals surface area contributed by atoms with Gasteiger partial charge in [0.05, 0.1) is 5.56 Å². The van der Waals surface area contributed by atoms with Gasteiger partial charge in [-0.2, -0.15) is 4.98 Å². The molecule has 1 saturated carbocycles. The largest absolute Gasteiger partial charge is 0.472 e. The van der Waals surface area contributed by atoms with Gasteiger partial charge in [0.2, 0.25) is 5.88 Å². The molecule has 5 heteroatoms. The van der Waals surface area contributed by atoms with Crippen molar-refractivity contribution in [3.63, 3.8) is 0 Å². The van der Waals surface area contributed by atoms with E-state index >= 15 is 0 Å². The minimum absolute atomic E-state index is 0.474. The molecule has 4 nitrogen and oxygen atoms in total. The molecule has 0 spiro atoms. The monoisotopic (exact) mass is 303 g/mol. The van der Waals surface area contributed by atoms with Crippen LogP contribution in [-0.2, 0) is 6.61 Å². The summed E-state index contributed by atoms with van der Waals surface area (Å²) in [6.45, 7) is 2.45. The van der Waals surface area contributed by atoms with Crippen molar-refractivity contribution < 1.29 is 4.74 Å². The summed E-state index contributed by atoms with van der Waals surface area (Å²) < 4.78 is 5.89. The van der Waals surface area contributed by atoms with Crippen LogP contribution in [0, 0.1) is 6.92 Å². The highest BCUT2D eigenvalue weighted by molar-refractivity contribution is 6.30. The second-order valence-corrected chi connectivity index (χ2v) is 5.74. The summed E-state index contributed by atoms with van der Waals surface area (Å²) in [6, 6.07) is 7.64. The first-order chi connectivity index (χ1) is 10.2. The van der Waals surface area contributed by atoms with E-state index in [0.717, 1.165) is 27.8 Å². The molecule has 2 aromatic rings. The third kappa shape index (κ3) is 3.27. The number of nitrogens with one attached hydrogen (secondary N) is 1. The summed E-state index contributed by atoms with van der Waals surface area (Å²) in [5.74, 6) is 2.89. The van der Waals surface area contributed by atoms with Crippen LogP contribution in [-0.4, -0.2) is 17.0 Å². The maximum atomic E-state index is 5.89. The second-order valence-electron chi connectivity index (χ2n) is 5.30. The van der Waals surface area contributed by atoms with Crippen LogP contribution < -0.4 is 10.1 Å². The number of hydrogen-bond donors (Lipinski definition) is 1. The molecular formula is C16H18ClN3O. The quantitative estimate of drug-likeness (QED) is 0.909. The van der Waals surface area contributed by atoms with Crippen molar-refractivity contribution in [1.29, 1.82) is 0 Å². The van der Waals surface area contributed by atoms with Gasteiger partial charge in [0.15, 0.2) is 0 Å². The molecule has 1 aromatic heterocycles. The molecule has 1 aromatic carbocycles. The first kappa shape index (κ1) is 14.1. The van der Waals surface area contributed by atoms with Crippen LogP contribution in [0.3, 0.4) is 0 Å². The van der Waals surface area contributed by atoms with Crippen molar-refractivity contribution in [2.24, 2.45) is 0 Å². The van der Waals surface area contributed by atoms with Crippen LogP contribution in [0.4, 0.5) is 5.82 Å². The van der Waals surface area contributed by atoms with Crippen LogP contribution in [0.1, 0.15) is 35.7 Å². The lowest BCUT2D eigenvalue weighted by Gasteiger charge is -2.13. The third-order valence-electron chi connectivity index (χ3n) is 3.59. The van der Waals surface area contributed by atoms with Crippen molar-refractivity contribution in [2.45, 2.75) is 32.3 Å². The van der Waals surface area contributed by atoms with Crippen LogP contribution in [0.2, 0.25) is 5.02 Å². The average molecular weight is 304 g/mol. The fraction of sp³-hybridized carbons (Fsp3) is 0.375. The summed E-state index contributed by atoms with van der Waals surface area (Å²) in [4.78, 5) is 9.14. The highest BCUT2D eigenvalue weighted by Crippen LogP contribution is 2.39. The third-order valence-corrected chi connectivity index (χ3v) is 3.84.